The summed E-state index contributed by atoms with van der Waals surface area (Å²) in [6.07, 6.45) is 4.55. The summed E-state index contributed by atoms with van der Waals surface area (Å²) in [5.41, 5.74) is 4.36. The first-order valence-electron chi connectivity index (χ1n) is 15.1. The Hall–Kier alpha value is -4.46. The van der Waals surface area contributed by atoms with Gasteiger partial charge in [-0.25, -0.2) is 5.01 Å². The molecule has 8 nitrogen and oxygen atoms in total. The van der Waals surface area contributed by atoms with Crippen LogP contribution in [0.25, 0.3) is 0 Å². The highest BCUT2D eigenvalue weighted by Crippen LogP contribution is 2.49. The van der Waals surface area contributed by atoms with Gasteiger partial charge in [0.15, 0.2) is 6.61 Å². The Kier molecular flexibility index (Phi) is 7.77. The molecule has 2 aliphatic carbocycles. The van der Waals surface area contributed by atoms with Crippen LogP contribution in [0.15, 0.2) is 77.9 Å². The van der Waals surface area contributed by atoms with E-state index in [1.807, 2.05) is 79.7 Å². The Morgan fingerprint density at radius 1 is 1.05 bits per heavy atom. The van der Waals surface area contributed by atoms with Crippen LogP contribution in [0, 0.1) is 11.3 Å². The van der Waals surface area contributed by atoms with Gasteiger partial charge in [0.2, 0.25) is 11.8 Å². The van der Waals surface area contributed by atoms with Crippen molar-refractivity contribution in [3.63, 3.8) is 0 Å². The maximum atomic E-state index is 14.0. The van der Waals surface area contributed by atoms with Crippen LogP contribution >= 0.6 is 0 Å². The third kappa shape index (κ3) is 5.54. The quantitative estimate of drug-likeness (QED) is 0.337. The monoisotopic (exact) mass is 579 g/mol. The first-order valence-corrected chi connectivity index (χ1v) is 15.1. The number of aliphatic carboxylic acids is 1. The molecule has 1 saturated carbocycles. The Labute approximate surface area is 251 Å². The number of carbonyl (C=O) groups excluding carboxylic acids is 2. The molecule has 8 heteroatoms. The molecular formula is C35H37N3O5. The summed E-state index contributed by atoms with van der Waals surface area (Å²) < 4.78 is 5.57. The van der Waals surface area contributed by atoms with E-state index < -0.39 is 11.4 Å². The van der Waals surface area contributed by atoms with E-state index in [-0.39, 0.29) is 36.2 Å². The number of benzene rings is 3. The number of nitrogens with zero attached hydrogens (tertiary/aromatic N) is 2. The standard InChI is InChI=1S/C35H37N3O5/c1-22-27-13-8-14-29(28(27)19-35(22,2)34(41)42)36-32(40)31(24-9-6-7-10-24)25-17-15-23(16-18-25)20-38-30(39)21-43-33(37-38)26-11-4-3-5-12-26/h3-5,8,11-18,22,24,31H,6-7,9-10,19-21H2,1-2H3,(H,36,40)(H,41,42). The minimum absolute atomic E-state index is 0.0647. The van der Waals surface area contributed by atoms with Crippen molar-refractivity contribution in [1.82, 2.24) is 5.01 Å². The molecule has 1 heterocycles. The number of ether oxygens (including phenoxy) is 1. The van der Waals surface area contributed by atoms with E-state index >= 15 is 0 Å². The number of carboxylic acid groups (broad SMARTS) is 1. The fourth-order valence-electron chi connectivity index (χ4n) is 6.84. The molecule has 43 heavy (non-hydrogen) atoms. The van der Waals surface area contributed by atoms with E-state index in [0.717, 1.165) is 53.5 Å². The number of hydrazone groups is 1. The van der Waals surface area contributed by atoms with Crippen molar-refractivity contribution in [3.8, 4) is 0 Å². The van der Waals surface area contributed by atoms with Gasteiger partial charge in [0.25, 0.3) is 5.91 Å². The fourth-order valence-corrected chi connectivity index (χ4v) is 6.84. The molecule has 6 rings (SSSR count). The summed E-state index contributed by atoms with van der Waals surface area (Å²) in [6.45, 7) is 3.97. The smallest absolute Gasteiger partial charge is 0.310 e. The van der Waals surface area contributed by atoms with Gasteiger partial charge in [0.05, 0.1) is 17.9 Å². The number of fused-ring (bicyclic) bond motifs is 1. The molecule has 222 valence electrons. The molecule has 2 N–H and O–H groups in total. The van der Waals surface area contributed by atoms with Crippen molar-refractivity contribution in [1.29, 1.82) is 0 Å². The molecule has 3 unspecified atom stereocenters. The van der Waals surface area contributed by atoms with Crippen molar-refractivity contribution in [2.75, 3.05) is 11.9 Å². The third-order valence-corrected chi connectivity index (χ3v) is 9.60. The maximum Gasteiger partial charge on any atom is 0.310 e. The van der Waals surface area contributed by atoms with Crippen LogP contribution in [0.4, 0.5) is 5.69 Å². The highest BCUT2D eigenvalue weighted by molar-refractivity contribution is 5.98. The second kappa shape index (κ2) is 11.7. The zero-order valence-corrected chi connectivity index (χ0v) is 24.6. The van der Waals surface area contributed by atoms with Crippen molar-refractivity contribution in [3.05, 3.63) is 101 Å². The van der Waals surface area contributed by atoms with E-state index in [9.17, 15) is 19.5 Å². The van der Waals surface area contributed by atoms with Gasteiger partial charge in [-0.2, -0.15) is 0 Å². The van der Waals surface area contributed by atoms with E-state index in [2.05, 4.69) is 10.4 Å². The van der Waals surface area contributed by atoms with E-state index in [4.69, 9.17) is 4.74 Å². The predicted molar refractivity (Wildman–Crippen MR) is 164 cm³/mol. The lowest BCUT2D eigenvalue weighted by Gasteiger charge is -2.25. The minimum Gasteiger partial charge on any atom is -0.481 e. The molecule has 3 atom stereocenters. The number of amides is 2. The number of nitrogens with one attached hydrogen (secondary N) is 1. The first-order chi connectivity index (χ1) is 20.7. The molecule has 2 amide bonds. The van der Waals surface area contributed by atoms with Gasteiger partial charge >= 0.3 is 5.97 Å². The molecule has 0 aromatic heterocycles. The lowest BCUT2D eigenvalue weighted by atomic mass is 9.79. The van der Waals surface area contributed by atoms with Gasteiger partial charge in [-0.05, 0) is 78.5 Å². The van der Waals surface area contributed by atoms with Gasteiger partial charge in [-0.1, -0.05) is 74.4 Å². The fraction of sp³-hybridized carbons (Fsp3) is 0.371. The normalized spacial score (nSPS) is 22.5. The largest absolute Gasteiger partial charge is 0.481 e. The molecule has 0 saturated heterocycles. The lowest BCUT2D eigenvalue weighted by Crippen LogP contribution is -2.36. The van der Waals surface area contributed by atoms with Crippen LogP contribution in [0.2, 0.25) is 0 Å². The molecule has 3 aliphatic rings. The summed E-state index contributed by atoms with van der Waals surface area (Å²) in [7, 11) is 0. The number of hydrogen-bond donors (Lipinski definition) is 2. The van der Waals surface area contributed by atoms with Gasteiger partial charge < -0.3 is 15.2 Å². The first kappa shape index (κ1) is 28.6. The van der Waals surface area contributed by atoms with Crippen LogP contribution in [-0.4, -0.2) is 40.4 Å². The number of carboxylic acids is 1. The van der Waals surface area contributed by atoms with Gasteiger partial charge in [0.1, 0.15) is 0 Å². The Morgan fingerprint density at radius 3 is 2.47 bits per heavy atom. The van der Waals surface area contributed by atoms with Crippen LogP contribution in [0.1, 0.15) is 79.2 Å². The number of anilines is 1. The van der Waals surface area contributed by atoms with Crippen LogP contribution in [-0.2, 0) is 32.1 Å². The zero-order valence-electron chi connectivity index (χ0n) is 24.6. The molecule has 1 aliphatic heterocycles. The molecule has 3 aromatic rings. The van der Waals surface area contributed by atoms with Crippen molar-refractivity contribution in [2.24, 2.45) is 16.4 Å². The third-order valence-electron chi connectivity index (χ3n) is 9.60. The lowest BCUT2D eigenvalue weighted by molar-refractivity contribution is -0.148. The van der Waals surface area contributed by atoms with Crippen LogP contribution < -0.4 is 5.32 Å². The van der Waals surface area contributed by atoms with Gasteiger partial charge in [-0.15, -0.1) is 5.10 Å². The Balaban J connectivity index is 1.22. The summed E-state index contributed by atoms with van der Waals surface area (Å²) in [5.74, 6) is -0.935. The number of carbonyl (C=O) groups is 3. The molecule has 0 spiro atoms. The van der Waals surface area contributed by atoms with Crippen molar-refractivity contribution < 1.29 is 24.2 Å². The SMILES string of the molecule is CC1c2cccc(NC(=O)C(c3ccc(CN4N=C(c5ccccc5)OCC4=O)cc3)C3CCCC3)c2CC1(C)C(=O)O. The Morgan fingerprint density at radius 2 is 1.77 bits per heavy atom. The summed E-state index contributed by atoms with van der Waals surface area (Å²) in [4.78, 5) is 38.7. The minimum atomic E-state index is -0.905. The van der Waals surface area contributed by atoms with Crippen molar-refractivity contribution in [2.45, 2.75) is 64.3 Å². The zero-order chi connectivity index (χ0) is 30.1. The second-order valence-corrected chi connectivity index (χ2v) is 12.3. The molecule has 0 radical (unpaired) electrons. The average molecular weight is 580 g/mol. The van der Waals surface area contributed by atoms with E-state index in [0.29, 0.717) is 24.6 Å². The van der Waals surface area contributed by atoms with E-state index in [1.165, 1.54) is 5.01 Å². The average Bonchev–Trinajstić information content (AvgIpc) is 3.63. The van der Waals surface area contributed by atoms with Crippen LogP contribution in [0.5, 0.6) is 0 Å². The molecule has 1 fully saturated rings. The maximum absolute atomic E-state index is 14.0. The van der Waals surface area contributed by atoms with Gasteiger partial charge in [-0.3, -0.25) is 14.4 Å². The van der Waals surface area contributed by atoms with Gasteiger partial charge in [0, 0.05) is 11.3 Å². The Bertz CT molecular complexity index is 1560. The number of rotatable bonds is 8. The molecular weight excluding hydrogens is 542 g/mol. The number of hydrogen-bond acceptors (Lipinski definition) is 5. The molecule has 3 aromatic carbocycles. The topological polar surface area (TPSA) is 108 Å². The van der Waals surface area contributed by atoms with Crippen LogP contribution in [0.3, 0.4) is 0 Å². The highest BCUT2D eigenvalue weighted by atomic mass is 16.5. The van der Waals surface area contributed by atoms with Crippen molar-refractivity contribution >= 4 is 29.4 Å². The highest BCUT2D eigenvalue weighted by Gasteiger charge is 2.47. The summed E-state index contributed by atoms with van der Waals surface area (Å²) >= 11 is 0. The van der Waals surface area contributed by atoms with E-state index in [1.54, 1.807) is 6.92 Å². The summed E-state index contributed by atoms with van der Waals surface area (Å²) in [6, 6.07) is 23.2. The second-order valence-electron chi connectivity index (χ2n) is 12.3. The predicted octanol–water partition coefficient (Wildman–Crippen LogP) is 6.07. The molecule has 0 bridgehead atoms. The summed E-state index contributed by atoms with van der Waals surface area (Å²) in [5, 5.41) is 19.0.